The lowest BCUT2D eigenvalue weighted by Crippen LogP contribution is -2.55. The molecule has 2 saturated heterocycles. The molecule has 0 radical (unpaired) electrons. The monoisotopic (exact) mass is 450 g/mol. The predicted molar refractivity (Wildman–Crippen MR) is 111 cm³/mol. The van der Waals surface area contributed by atoms with Gasteiger partial charge in [0.15, 0.2) is 0 Å². The Kier molecular flexibility index (Phi) is 6.54. The van der Waals surface area contributed by atoms with Crippen molar-refractivity contribution in [1.82, 2.24) is 20.7 Å². The summed E-state index contributed by atoms with van der Waals surface area (Å²) in [6.45, 7) is 2.32. The molecule has 1 amide bonds. The molecule has 7 nitrogen and oxygen atoms in total. The molecule has 2 atom stereocenters. The topological polar surface area (TPSA) is 66.1 Å². The van der Waals surface area contributed by atoms with Crippen molar-refractivity contribution in [2.24, 2.45) is 0 Å². The van der Waals surface area contributed by atoms with Crippen LogP contribution in [-0.2, 0) is 0 Å². The molecule has 0 bridgehead atoms. The molecule has 2 heterocycles. The maximum absolute atomic E-state index is 12.8. The van der Waals surface area contributed by atoms with Crippen molar-refractivity contribution in [2.75, 3.05) is 33.3 Å². The Morgan fingerprint density at radius 3 is 2.38 bits per heavy atom. The van der Waals surface area contributed by atoms with Crippen LogP contribution in [0.3, 0.4) is 0 Å². The van der Waals surface area contributed by atoms with Crippen LogP contribution in [0.2, 0.25) is 0 Å². The highest BCUT2D eigenvalue weighted by Gasteiger charge is 2.33. The van der Waals surface area contributed by atoms with E-state index in [2.05, 4.69) is 20.5 Å². The fraction of sp³-hybridized carbons (Fsp3) is 0.409. The standard InChI is InChI=1S/C22H25F3N4O3/c1-31-17-7-5-15(6-8-17)19-14-20(27-26-19)28-9-11-29(12-10-28)21(30)16-3-2-4-18(13-16)32-22(23,24)25/h2-8,13,19-20,26-27H,9-12,14H2,1H3. The highest BCUT2D eigenvalue weighted by molar-refractivity contribution is 5.94. The molecule has 2 aliphatic heterocycles. The van der Waals surface area contributed by atoms with E-state index in [0.29, 0.717) is 26.2 Å². The number of alkyl halides is 3. The largest absolute Gasteiger partial charge is 0.573 e. The summed E-state index contributed by atoms with van der Waals surface area (Å²) in [4.78, 5) is 16.7. The third-order valence-corrected chi connectivity index (χ3v) is 5.76. The summed E-state index contributed by atoms with van der Waals surface area (Å²) in [5.74, 6) is 0.117. The van der Waals surface area contributed by atoms with E-state index in [4.69, 9.17) is 4.74 Å². The fourth-order valence-electron chi connectivity index (χ4n) is 4.08. The Morgan fingerprint density at radius 2 is 1.72 bits per heavy atom. The van der Waals surface area contributed by atoms with Crippen LogP contribution in [0.4, 0.5) is 13.2 Å². The average Bonchev–Trinajstić information content (AvgIpc) is 3.28. The van der Waals surface area contributed by atoms with E-state index < -0.39 is 12.1 Å². The van der Waals surface area contributed by atoms with Crippen molar-refractivity contribution < 1.29 is 27.4 Å². The van der Waals surface area contributed by atoms with Crippen LogP contribution in [0.1, 0.15) is 28.4 Å². The lowest BCUT2D eigenvalue weighted by atomic mass is 10.0. The molecule has 2 unspecified atom stereocenters. The molecular weight excluding hydrogens is 425 g/mol. The summed E-state index contributed by atoms with van der Waals surface area (Å²) in [5, 5.41) is 0. The number of piperazine rings is 1. The van der Waals surface area contributed by atoms with Crippen LogP contribution in [0.5, 0.6) is 11.5 Å². The van der Waals surface area contributed by atoms with Crippen molar-refractivity contribution >= 4 is 5.91 Å². The summed E-state index contributed by atoms with van der Waals surface area (Å²) >= 11 is 0. The quantitative estimate of drug-likeness (QED) is 0.731. The minimum absolute atomic E-state index is 0.128. The third kappa shape index (κ3) is 5.32. The Morgan fingerprint density at radius 1 is 1.00 bits per heavy atom. The SMILES string of the molecule is COc1ccc(C2CC(N3CCN(C(=O)c4cccc(OC(F)(F)F)c4)CC3)NN2)cc1. The number of nitrogens with zero attached hydrogens (tertiary/aromatic N) is 2. The normalized spacial score (nSPS) is 22.1. The number of ether oxygens (including phenoxy) is 2. The predicted octanol–water partition coefficient (Wildman–Crippen LogP) is 2.92. The number of nitrogens with one attached hydrogen (secondary N) is 2. The smallest absolute Gasteiger partial charge is 0.497 e. The summed E-state index contributed by atoms with van der Waals surface area (Å²) in [7, 11) is 1.64. The number of benzene rings is 2. The molecular formula is C22H25F3N4O3. The lowest BCUT2D eigenvalue weighted by Gasteiger charge is -2.37. The molecule has 2 aromatic carbocycles. The van der Waals surface area contributed by atoms with Crippen molar-refractivity contribution in [2.45, 2.75) is 25.0 Å². The Bertz CT molecular complexity index is 931. The molecule has 0 aromatic heterocycles. The van der Waals surface area contributed by atoms with E-state index >= 15 is 0 Å². The highest BCUT2D eigenvalue weighted by Crippen LogP contribution is 2.27. The number of rotatable bonds is 5. The maximum atomic E-state index is 12.8. The molecule has 0 aliphatic carbocycles. The van der Waals surface area contributed by atoms with Crippen LogP contribution < -0.4 is 20.3 Å². The summed E-state index contributed by atoms with van der Waals surface area (Å²) in [6.07, 6.45) is -3.79. The summed E-state index contributed by atoms with van der Waals surface area (Å²) < 4.78 is 46.5. The van der Waals surface area contributed by atoms with Gasteiger partial charge >= 0.3 is 6.36 Å². The first-order valence-corrected chi connectivity index (χ1v) is 10.4. The van der Waals surface area contributed by atoms with Crippen LogP contribution in [-0.4, -0.2) is 61.5 Å². The van der Waals surface area contributed by atoms with E-state index in [1.165, 1.54) is 18.2 Å². The number of carbonyl (C=O) groups is 1. The van der Waals surface area contributed by atoms with Gasteiger partial charge in [0.05, 0.1) is 13.3 Å². The molecule has 4 rings (SSSR count). The number of halogens is 3. The zero-order chi connectivity index (χ0) is 22.7. The minimum atomic E-state index is -4.79. The first-order chi connectivity index (χ1) is 15.3. The van der Waals surface area contributed by atoms with E-state index in [1.807, 2.05) is 24.3 Å². The second-order valence-corrected chi connectivity index (χ2v) is 7.77. The highest BCUT2D eigenvalue weighted by atomic mass is 19.4. The Balaban J connectivity index is 1.30. The van der Waals surface area contributed by atoms with Crippen molar-refractivity contribution in [3.8, 4) is 11.5 Å². The number of hydrogen-bond donors (Lipinski definition) is 2. The van der Waals surface area contributed by atoms with Crippen LogP contribution in [0, 0.1) is 0 Å². The van der Waals surface area contributed by atoms with Gasteiger partial charge in [0.1, 0.15) is 11.5 Å². The van der Waals surface area contributed by atoms with Gasteiger partial charge in [-0.3, -0.25) is 9.69 Å². The summed E-state index contributed by atoms with van der Waals surface area (Å²) in [5.41, 5.74) is 7.99. The van der Waals surface area contributed by atoms with Crippen molar-refractivity contribution in [3.63, 3.8) is 0 Å². The maximum Gasteiger partial charge on any atom is 0.573 e. The second kappa shape index (κ2) is 9.35. The number of methoxy groups -OCH3 is 1. The van der Waals surface area contributed by atoms with Gasteiger partial charge in [-0.2, -0.15) is 0 Å². The van der Waals surface area contributed by atoms with Gasteiger partial charge in [-0.25, -0.2) is 10.9 Å². The van der Waals surface area contributed by atoms with Gasteiger partial charge in [-0.05, 0) is 42.3 Å². The zero-order valence-electron chi connectivity index (χ0n) is 17.6. The van der Waals surface area contributed by atoms with Crippen molar-refractivity contribution in [3.05, 3.63) is 59.7 Å². The number of hydrazine groups is 1. The van der Waals surface area contributed by atoms with E-state index in [9.17, 15) is 18.0 Å². The molecule has 2 aliphatic rings. The average molecular weight is 450 g/mol. The minimum Gasteiger partial charge on any atom is -0.497 e. The van der Waals surface area contributed by atoms with Crippen LogP contribution in [0.25, 0.3) is 0 Å². The Hall–Kier alpha value is -2.82. The van der Waals surface area contributed by atoms with Gasteiger partial charge in [0.25, 0.3) is 5.91 Å². The Labute approximate surface area is 184 Å². The van der Waals surface area contributed by atoms with Crippen LogP contribution in [0.15, 0.2) is 48.5 Å². The van der Waals surface area contributed by atoms with Gasteiger partial charge in [0, 0.05) is 37.8 Å². The van der Waals surface area contributed by atoms with E-state index in [0.717, 1.165) is 23.8 Å². The first kappa shape index (κ1) is 22.4. The van der Waals surface area contributed by atoms with Crippen molar-refractivity contribution in [1.29, 1.82) is 0 Å². The van der Waals surface area contributed by atoms with E-state index in [-0.39, 0.29) is 23.7 Å². The summed E-state index contributed by atoms with van der Waals surface area (Å²) in [6, 6.07) is 13.3. The van der Waals surface area contributed by atoms with Gasteiger partial charge < -0.3 is 14.4 Å². The fourth-order valence-corrected chi connectivity index (χ4v) is 4.08. The molecule has 172 valence electrons. The van der Waals surface area contributed by atoms with Gasteiger partial charge in [0.2, 0.25) is 0 Å². The zero-order valence-corrected chi connectivity index (χ0v) is 17.6. The molecule has 2 N–H and O–H groups in total. The lowest BCUT2D eigenvalue weighted by molar-refractivity contribution is -0.274. The molecule has 2 aromatic rings. The number of carbonyl (C=O) groups excluding carboxylic acids is 1. The number of hydrogen-bond acceptors (Lipinski definition) is 6. The second-order valence-electron chi connectivity index (χ2n) is 7.77. The molecule has 0 spiro atoms. The first-order valence-electron chi connectivity index (χ1n) is 10.4. The van der Waals surface area contributed by atoms with E-state index in [1.54, 1.807) is 12.0 Å². The molecule has 2 fully saturated rings. The van der Waals surface area contributed by atoms with Gasteiger partial charge in [-0.15, -0.1) is 13.2 Å². The van der Waals surface area contributed by atoms with Crippen LogP contribution >= 0.6 is 0 Å². The van der Waals surface area contributed by atoms with Gasteiger partial charge in [-0.1, -0.05) is 18.2 Å². The molecule has 0 saturated carbocycles. The molecule has 32 heavy (non-hydrogen) atoms. The third-order valence-electron chi connectivity index (χ3n) is 5.76. The molecule has 10 heteroatoms. The number of amides is 1.